The number of benzene rings is 3. The van der Waals surface area contributed by atoms with Crippen LogP contribution in [0, 0.1) is 0 Å². The van der Waals surface area contributed by atoms with Gasteiger partial charge in [-0.3, -0.25) is 0 Å². The summed E-state index contributed by atoms with van der Waals surface area (Å²) >= 11 is 0. The fraction of sp³-hybridized carbons (Fsp3) is 0.321. The van der Waals surface area contributed by atoms with Crippen molar-refractivity contribution in [3.8, 4) is 17.2 Å². The Bertz CT molecular complexity index is 1230. The van der Waals surface area contributed by atoms with Gasteiger partial charge in [0.05, 0.1) is 11.8 Å². The Morgan fingerprint density at radius 2 is 1.61 bits per heavy atom. The van der Waals surface area contributed by atoms with Gasteiger partial charge in [-0.1, -0.05) is 48.5 Å². The summed E-state index contributed by atoms with van der Waals surface area (Å²) in [7, 11) is 0. The van der Waals surface area contributed by atoms with Gasteiger partial charge in [0.25, 0.3) is 0 Å². The maximum Gasteiger partial charge on any atom is 0.231 e. The molecule has 1 atom stereocenters. The molecule has 0 aromatic heterocycles. The van der Waals surface area contributed by atoms with Crippen LogP contribution in [0.15, 0.2) is 77.9 Å². The van der Waals surface area contributed by atoms with Crippen molar-refractivity contribution in [3.63, 3.8) is 0 Å². The Kier molecular flexibility index (Phi) is 4.20. The molecule has 5 heteroatoms. The van der Waals surface area contributed by atoms with Crippen LogP contribution < -0.4 is 14.2 Å². The molecule has 3 aromatic carbocycles. The molecule has 1 saturated carbocycles. The Morgan fingerprint density at radius 1 is 0.818 bits per heavy atom. The van der Waals surface area contributed by atoms with E-state index >= 15 is 0 Å². The van der Waals surface area contributed by atoms with Gasteiger partial charge in [-0.05, 0) is 48.6 Å². The second-order valence-electron chi connectivity index (χ2n) is 9.45. The van der Waals surface area contributed by atoms with Gasteiger partial charge in [-0.2, -0.15) is 5.10 Å². The van der Waals surface area contributed by atoms with E-state index in [0.717, 1.165) is 60.6 Å². The molecule has 0 saturated heterocycles. The standard InChI is InChI=1S/C28H26N2O3/c1-2-6-19(7-3-1)20-12-14-28(15-13-20)30-24(22-8-4-5-9-25(22)33-28)17-23(29-30)21-10-11-26-27(16-21)32-18-31-26/h1-11,16,20,24H,12-15,17-18H2. The Hall–Kier alpha value is -3.47. The van der Waals surface area contributed by atoms with Gasteiger partial charge in [0, 0.05) is 30.4 Å². The predicted molar refractivity (Wildman–Crippen MR) is 126 cm³/mol. The highest BCUT2D eigenvalue weighted by Gasteiger charge is 2.52. The molecule has 3 heterocycles. The van der Waals surface area contributed by atoms with Crippen molar-refractivity contribution < 1.29 is 14.2 Å². The molecule has 0 radical (unpaired) electrons. The zero-order valence-corrected chi connectivity index (χ0v) is 18.4. The smallest absolute Gasteiger partial charge is 0.231 e. The molecule has 3 aromatic rings. The molecule has 1 spiro atoms. The topological polar surface area (TPSA) is 43.3 Å². The summed E-state index contributed by atoms with van der Waals surface area (Å²) in [6, 6.07) is 25.7. The molecule has 1 unspecified atom stereocenters. The van der Waals surface area contributed by atoms with Crippen LogP contribution in [0.25, 0.3) is 0 Å². The van der Waals surface area contributed by atoms with E-state index in [-0.39, 0.29) is 18.6 Å². The highest BCUT2D eigenvalue weighted by Crippen LogP contribution is 2.53. The number of fused-ring (bicyclic) bond motifs is 5. The van der Waals surface area contributed by atoms with Gasteiger partial charge in [0.15, 0.2) is 17.2 Å². The first kappa shape index (κ1) is 19.0. The van der Waals surface area contributed by atoms with E-state index in [9.17, 15) is 0 Å². The van der Waals surface area contributed by atoms with Crippen molar-refractivity contribution in [1.82, 2.24) is 5.01 Å². The van der Waals surface area contributed by atoms with Crippen molar-refractivity contribution >= 4 is 5.71 Å². The third-order valence-electron chi connectivity index (χ3n) is 7.65. The molecule has 3 aliphatic heterocycles. The minimum Gasteiger partial charge on any atom is -0.466 e. The lowest BCUT2D eigenvalue weighted by Gasteiger charge is -2.50. The van der Waals surface area contributed by atoms with Crippen LogP contribution in [0.1, 0.15) is 60.8 Å². The second kappa shape index (κ2) is 7.27. The van der Waals surface area contributed by atoms with E-state index in [4.69, 9.17) is 19.3 Å². The summed E-state index contributed by atoms with van der Waals surface area (Å²) in [5.41, 5.74) is 4.46. The number of rotatable bonds is 2. The molecule has 0 bridgehead atoms. The summed E-state index contributed by atoms with van der Waals surface area (Å²) < 4.78 is 17.9. The third-order valence-corrected chi connectivity index (χ3v) is 7.65. The number of hydrazone groups is 1. The van der Waals surface area contributed by atoms with Gasteiger partial charge in [-0.25, -0.2) is 5.01 Å². The molecule has 5 nitrogen and oxygen atoms in total. The first-order valence-electron chi connectivity index (χ1n) is 11.9. The van der Waals surface area contributed by atoms with E-state index < -0.39 is 0 Å². The SMILES string of the molecule is c1ccc(C2CCC3(CC2)Oc2ccccc2C2CC(c4ccc5c(c4)OCO5)=NN23)cc1. The molecule has 0 N–H and O–H groups in total. The van der Waals surface area contributed by atoms with Crippen LogP contribution in [0.3, 0.4) is 0 Å². The van der Waals surface area contributed by atoms with Crippen molar-refractivity contribution in [2.75, 3.05) is 6.79 Å². The molecule has 0 amide bonds. The first-order chi connectivity index (χ1) is 16.3. The van der Waals surface area contributed by atoms with Crippen LogP contribution in [0.5, 0.6) is 17.2 Å². The lowest BCUT2D eigenvalue weighted by molar-refractivity contribution is -0.142. The molecule has 166 valence electrons. The van der Waals surface area contributed by atoms with E-state index in [1.807, 2.05) is 6.07 Å². The summed E-state index contributed by atoms with van der Waals surface area (Å²) in [5, 5.41) is 7.50. The van der Waals surface area contributed by atoms with E-state index in [0.29, 0.717) is 5.92 Å². The van der Waals surface area contributed by atoms with E-state index in [1.165, 1.54) is 11.1 Å². The largest absolute Gasteiger partial charge is 0.466 e. The highest BCUT2D eigenvalue weighted by molar-refractivity contribution is 6.02. The van der Waals surface area contributed by atoms with Crippen LogP contribution in [-0.2, 0) is 0 Å². The van der Waals surface area contributed by atoms with Crippen LogP contribution in [0.2, 0.25) is 0 Å². The average molecular weight is 439 g/mol. The summed E-state index contributed by atoms with van der Waals surface area (Å²) in [4.78, 5) is 0. The first-order valence-corrected chi connectivity index (χ1v) is 11.9. The van der Waals surface area contributed by atoms with Crippen LogP contribution in [-0.4, -0.2) is 23.2 Å². The average Bonchev–Trinajstić information content (AvgIpc) is 3.53. The third kappa shape index (κ3) is 3.02. The highest BCUT2D eigenvalue weighted by atomic mass is 16.7. The predicted octanol–water partition coefficient (Wildman–Crippen LogP) is 6.01. The molecule has 1 aliphatic carbocycles. The van der Waals surface area contributed by atoms with Gasteiger partial charge >= 0.3 is 0 Å². The quantitative estimate of drug-likeness (QED) is 0.491. The van der Waals surface area contributed by atoms with E-state index in [2.05, 4.69) is 71.7 Å². The van der Waals surface area contributed by atoms with Gasteiger partial charge in [0.2, 0.25) is 6.79 Å². The summed E-state index contributed by atoms with van der Waals surface area (Å²) in [5.74, 6) is 3.20. The van der Waals surface area contributed by atoms with Gasteiger partial charge in [0.1, 0.15) is 5.75 Å². The van der Waals surface area contributed by atoms with Crippen molar-refractivity contribution in [2.45, 2.75) is 49.8 Å². The zero-order chi connectivity index (χ0) is 21.8. The monoisotopic (exact) mass is 438 g/mol. The summed E-state index contributed by atoms with van der Waals surface area (Å²) in [6.07, 6.45) is 5.00. The van der Waals surface area contributed by atoms with Gasteiger partial charge < -0.3 is 14.2 Å². The molecule has 33 heavy (non-hydrogen) atoms. The van der Waals surface area contributed by atoms with Crippen LogP contribution >= 0.6 is 0 Å². The second-order valence-corrected chi connectivity index (χ2v) is 9.45. The Morgan fingerprint density at radius 3 is 2.48 bits per heavy atom. The number of para-hydroxylation sites is 1. The maximum atomic E-state index is 6.79. The minimum absolute atomic E-state index is 0.198. The fourth-order valence-corrected chi connectivity index (χ4v) is 5.94. The molecule has 7 rings (SSSR count). The molecule has 4 aliphatic rings. The summed E-state index contributed by atoms with van der Waals surface area (Å²) in [6.45, 7) is 0.285. The number of ether oxygens (including phenoxy) is 3. The molecular formula is C28H26N2O3. The maximum absolute atomic E-state index is 6.79. The van der Waals surface area contributed by atoms with Crippen molar-refractivity contribution in [1.29, 1.82) is 0 Å². The lowest BCUT2D eigenvalue weighted by Crippen LogP contribution is -2.55. The molecular weight excluding hydrogens is 412 g/mol. The molecule has 1 fully saturated rings. The van der Waals surface area contributed by atoms with Crippen LogP contribution in [0.4, 0.5) is 0 Å². The lowest BCUT2D eigenvalue weighted by atomic mass is 9.78. The minimum atomic E-state index is -0.387. The van der Waals surface area contributed by atoms with E-state index in [1.54, 1.807) is 0 Å². The van der Waals surface area contributed by atoms with Gasteiger partial charge in [-0.15, -0.1) is 0 Å². The fourth-order valence-electron chi connectivity index (χ4n) is 5.94. The number of hydrogen-bond acceptors (Lipinski definition) is 5. The Labute approximate surface area is 193 Å². The Balaban J connectivity index is 1.24. The number of hydrogen-bond donors (Lipinski definition) is 0. The zero-order valence-electron chi connectivity index (χ0n) is 18.4. The van der Waals surface area contributed by atoms with Crippen molar-refractivity contribution in [3.05, 3.63) is 89.5 Å². The number of nitrogens with zero attached hydrogens (tertiary/aromatic N) is 2. The normalized spacial score (nSPS) is 27.0. The van der Waals surface area contributed by atoms with Crippen molar-refractivity contribution in [2.24, 2.45) is 5.10 Å².